The maximum atomic E-state index is 12.4. The molecule has 0 spiro atoms. The molecule has 1 aromatic carbocycles. The third kappa shape index (κ3) is 3.13. The van der Waals surface area contributed by atoms with Crippen LogP contribution in [-0.2, 0) is 16.0 Å². The summed E-state index contributed by atoms with van der Waals surface area (Å²) < 4.78 is 0. The predicted octanol–water partition coefficient (Wildman–Crippen LogP) is 1.50. The van der Waals surface area contributed by atoms with Crippen molar-refractivity contribution in [2.75, 3.05) is 12.3 Å². The van der Waals surface area contributed by atoms with Gasteiger partial charge < -0.3 is 15.3 Å². The Morgan fingerprint density at radius 3 is 3.00 bits per heavy atom. The molecule has 128 valence electrons. The summed E-state index contributed by atoms with van der Waals surface area (Å²) in [6.45, 7) is 2.44. The zero-order valence-corrected chi connectivity index (χ0v) is 14.3. The van der Waals surface area contributed by atoms with Gasteiger partial charge in [0, 0.05) is 18.7 Å². The first-order valence-corrected chi connectivity index (χ1v) is 8.95. The number of benzene rings is 1. The Bertz CT molecular complexity index is 693. The lowest BCUT2D eigenvalue weighted by Gasteiger charge is -2.29. The Morgan fingerprint density at radius 1 is 1.46 bits per heavy atom. The van der Waals surface area contributed by atoms with Gasteiger partial charge >= 0.3 is 5.97 Å². The third-order valence-corrected chi connectivity index (χ3v) is 6.14. The highest BCUT2D eigenvalue weighted by Crippen LogP contribution is 2.47. The lowest BCUT2D eigenvalue weighted by atomic mass is 10.1. The molecule has 2 fully saturated rings. The average Bonchev–Trinajstić information content (AvgIpc) is 3.04. The van der Waals surface area contributed by atoms with E-state index in [0.717, 1.165) is 12.0 Å². The molecule has 3 rings (SSSR count). The number of amides is 2. The van der Waals surface area contributed by atoms with Crippen molar-refractivity contribution in [3.05, 3.63) is 35.4 Å². The maximum Gasteiger partial charge on any atom is 0.335 e. The largest absolute Gasteiger partial charge is 0.478 e. The van der Waals surface area contributed by atoms with E-state index >= 15 is 0 Å². The summed E-state index contributed by atoms with van der Waals surface area (Å²) in [6, 6.07) is 6.29. The standard InChI is InChI=1S/C17H20N2O4S/c1-17-7-5-14(20)19(17)13(10-24-17)15(21)18-8-6-11-3-2-4-12(9-11)16(22)23/h2-4,9,13H,5-8,10H2,1H3,(H,18,21)(H,22,23). The second-order valence-corrected chi connectivity index (χ2v) is 7.81. The van der Waals surface area contributed by atoms with Crippen molar-refractivity contribution in [3.8, 4) is 0 Å². The van der Waals surface area contributed by atoms with Crippen LogP contribution in [0.5, 0.6) is 0 Å². The molecule has 0 aromatic heterocycles. The van der Waals surface area contributed by atoms with E-state index in [2.05, 4.69) is 5.32 Å². The Balaban J connectivity index is 1.56. The Labute approximate surface area is 144 Å². The summed E-state index contributed by atoms with van der Waals surface area (Å²) >= 11 is 1.67. The highest BCUT2D eigenvalue weighted by Gasteiger charge is 2.52. The van der Waals surface area contributed by atoms with Gasteiger partial charge in [0.1, 0.15) is 6.04 Å². The van der Waals surface area contributed by atoms with Gasteiger partial charge in [-0.1, -0.05) is 12.1 Å². The second kappa shape index (κ2) is 6.47. The fourth-order valence-corrected chi connectivity index (χ4v) is 4.75. The lowest BCUT2D eigenvalue weighted by Crippen LogP contribution is -2.50. The fourth-order valence-electron chi connectivity index (χ4n) is 3.32. The first-order valence-electron chi connectivity index (χ1n) is 7.97. The minimum atomic E-state index is -0.962. The van der Waals surface area contributed by atoms with Gasteiger partial charge in [0.05, 0.1) is 10.4 Å². The summed E-state index contributed by atoms with van der Waals surface area (Å²) in [6.07, 6.45) is 1.86. The van der Waals surface area contributed by atoms with E-state index in [1.165, 1.54) is 0 Å². The number of carboxylic acid groups (broad SMARTS) is 1. The van der Waals surface area contributed by atoms with Crippen molar-refractivity contribution in [2.24, 2.45) is 0 Å². The predicted molar refractivity (Wildman–Crippen MR) is 90.8 cm³/mol. The zero-order valence-electron chi connectivity index (χ0n) is 13.4. The molecule has 0 aliphatic carbocycles. The number of hydrogen-bond donors (Lipinski definition) is 2. The number of carbonyl (C=O) groups excluding carboxylic acids is 2. The molecule has 2 unspecified atom stereocenters. The van der Waals surface area contributed by atoms with Crippen LogP contribution in [0.4, 0.5) is 0 Å². The smallest absolute Gasteiger partial charge is 0.335 e. The monoisotopic (exact) mass is 348 g/mol. The van der Waals surface area contributed by atoms with Gasteiger partial charge in [0.2, 0.25) is 11.8 Å². The van der Waals surface area contributed by atoms with Crippen molar-refractivity contribution in [1.29, 1.82) is 0 Å². The number of nitrogens with zero attached hydrogens (tertiary/aromatic N) is 1. The van der Waals surface area contributed by atoms with Crippen molar-refractivity contribution in [1.82, 2.24) is 10.2 Å². The molecular formula is C17H20N2O4S. The van der Waals surface area contributed by atoms with E-state index in [9.17, 15) is 14.4 Å². The summed E-state index contributed by atoms with van der Waals surface area (Å²) in [4.78, 5) is 36.9. The molecule has 24 heavy (non-hydrogen) atoms. The van der Waals surface area contributed by atoms with Gasteiger partial charge in [0.25, 0.3) is 0 Å². The van der Waals surface area contributed by atoms with Crippen molar-refractivity contribution in [2.45, 2.75) is 37.1 Å². The van der Waals surface area contributed by atoms with Crippen LogP contribution in [0.25, 0.3) is 0 Å². The topological polar surface area (TPSA) is 86.7 Å². The summed E-state index contributed by atoms with van der Waals surface area (Å²) in [7, 11) is 0. The number of thioether (sulfide) groups is 1. The molecule has 0 bridgehead atoms. The molecule has 1 aromatic rings. The number of fused-ring (bicyclic) bond motifs is 1. The van der Waals surface area contributed by atoms with E-state index in [0.29, 0.717) is 25.1 Å². The molecule has 2 heterocycles. The van der Waals surface area contributed by atoms with E-state index in [1.54, 1.807) is 34.9 Å². The van der Waals surface area contributed by atoms with Gasteiger partial charge in [-0.15, -0.1) is 11.8 Å². The van der Waals surface area contributed by atoms with Crippen LogP contribution in [0.15, 0.2) is 24.3 Å². The molecule has 0 radical (unpaired) electrons. The van der Waals surface area contributed by atoms with Crippen LogP contribution in [0.1, 0.15) is 35.7 Å². The molecule has 2 atom stereocenters. The maximum absolute atomic E-state index is 12.4. The lowest BCUT2D eigenvalue weighted by molar-refractivity contribution is -0.137. The van der Waals surface area contributed by atoms with Crippen molar-refractivity contribution >= 4 is 29.5 Å². The van der Waals surface area contributed by atoms with Crippen LogP contribution in [0.3, 0.4) is 0 Å². The third-order valence-electron chi connectivity index (χ3n) is 4.63. The molecule has 0 saturated carbocycles. The Hall–Kier alpha value is -2.02. The zero-order chi connectivity index (χ0) is 17.3. The van der Waals surface area contributed by atoms with Crippen LogP contribution >= 0.6 is 11.8 Å². The van der Waals surface area contributed by atoms with Gasteiger partial charge in [-0.25, -0.2) is 4.79 Å². The first kappa shape index (κ1) is 16.8. The number of rotatable bonds is 5. The molecule has 2 saturated heterocycles. The molecule has 6 nitrogen and oxygen atoms in total. The molecule has 7 heteroatoms. The van der Waals surface area contributed by atoms with Gasteiger partial charge in [0.15, 0.2) is 0 Å². The van der Waals surface area contributed by atoms with Crippen molar-refractivity contribution < 1.29 is 19.5 Å². The van der Waals surface area contributed by atoms with E-state index in [1.807, 2.05) is 13.0 Å². The molecule has 2 aliphatic heterocycles. The number of hydrogen-bond acceptors (Lipinski definition) is 4. The molecule has 2 aliphatic rings. The molecule has 2 amide bonds. The number of carbonyl (C=O) groups is 3. The SMILES string of the molecule is CC12CCC(=O)N1C(C(=O)NCCc1cccc(C(=O)O)c1)CS2. The van der Waals surface area contributed by atoms with Gasteiger partial charge in [-0.3, -0.25) is 9.59 Å². The van der Waals surface area contributed by atoms with E-state index in [-0.39, 0.29) is 22.2 Å². The van der Waals surface area contributed by atoms with Crippen LogP contribution < -0.4 is 5.32 Å². The molecule has 2 N–H and O–H groups in total. The van der Waals surface area contributed by atoms with E-state index in [4.69, 9.17) is 5.11 Å². The first-order chi connectivity index (χ1) is 11.4. The highest BCUT2D eigenvalue weighted by atomic mass is 32.2. The number of aromatic carboxylic acids is 1. The number of nitrogens with one attached hydrogen (secondary N) is 1. The van der Waals surface area contributed by atoms with Crippen LogP contribution in [-0.4, -0.2) is 51.0 Å². The van der Waals surface area contributed by atoms with Gasteiger partial charge in [-0.05, 0) is 37.5 Å². The highest BCUT2D eigenvalue weighted by molar-refractivity contribution is 8.01. The van der Waals surface area contributed by atoms with Crippen LogP contribution in [0.2, 0.25) is 0 Å². The number of carboxylic acids is 1. The molecular weight excluding hydrogens is 328 g/mol. The average molecular weight is 348 g/mol. The summed E-state index contributed by atoms with van der Waals surface area (Å²) in [5.74, 6) is -0.411. The minimum absolute atomic E-state index is 0.0526. The summed E-state index contributed by atoms with van der Waals surface area (Å²) in [5.41, 5.74) is 1.10. The van der Waals surface area contributed by atoms with Crippen LogP contribution in [0, 0.1) is 0 Å². The Morgan fingerprint density at radius 2 is 2.25 bits per heavy atom. The van der Waals surface area contributed by atoms with Crippen molar-refractivity contribution in [3.63, 3.8) is 0 Å². The summed E-state index contributed by atoms with van der Waals surface area (Å²) in [5, 5.41) is 11.9. The van der Waals surface area contributed by atoms with Gasteiger partial charge in [-0.2, -0.15) is 0 Å². The minimum Gasteiger partial charge on any atom is -0.478 e. The quantitative estimate of drug-likeness (QED) is 0.842. The second-order valence-electron chi connectivity index (χ2n) is 6.31. The van der Waals surface area contributed by atoms with E-state index < -0.39 is 12.0 Å². The normalized spacial score (nSPS) is 25.6. The fraction of sp³-hybridized carbons (Fsp3) is 0.471. The Kier molecular flexibility index (Phi) is 4.54.